The molecule has 0 saturated heterocycles. The molecule has 0 saturated carbocycles. The number of hydrogen-bond acceptors (Lipinski definition) is 7. The van der Waals surface area contributed by atoms with E-state index in [0.29, 0.717) is 17.7 Å². The standard InChI is InChI=1S/C24H29N9O/c1-14-11-15(2)28-23(27-14)32-17(4)18(16(3)30-32)12-21(34)29-20-13-19(24(5,6)7)31-33(20)22-25-9-8-10-26-22/h8-11,13H,12H2,1-7H3,(H,29,34). The lowest BCUT2D eigenvalue weighted by Gasteiger charge is -2.13. The van der Waals surface area contributed by atoms with Gasteiger partial charge in [-0.2, -0.15) is 14.9 Å². The maximum Gasteiger partial charge on any atom is 0.252 e. The van der Waals surface area contributed by atoms with Gasteiger partial charge in [0.15, 0.2) is 0 Å². The Balaban J connectivity index is 1.63. The minimum atomic E-state index is -0.209. The Morgan fingerprint density at radius 2 is 1.56 bits per heavy atom. The molecule has 4 aromatic rings. The van der Waals surface area contributed by atoms with Crippen LogP contribution in [0.15, 0.2) is 30.6 Å². The van der Waals surface area contributed by atoms with Gasteiger partial charge in [0.2, 0.25) is 5.91 Å². The summed E-state index contributed by atoms with van der Waals surface area (Å²) in [6.07, 6.45) is 3.43. The number of hydrogen-bond donors (Lipinski definition) is 1. The summed E-state index contributed by atoms with van der Waals surface area (Å²) < 4.78 is 3.25. The zero-order chi connectivity index (χ0) is 24.6. The number of carbonyl (C=O) groups is 1. The lowest BCUT2D eigenvalue weighted by molar-refractivity contribution is -0.115. The molecule has 0 unspecified atom stereocenters. The fourth-order valence-electron chi connectivity index (χ4n) is 3.66. The largest absolute Gasteiger partial charge is 0.310 e. The Kier molecular flexibility index (Phi) is 5.99. The molecule has 10 nitrogen and oxygen atoms in total. The van der Waals surface area contributed by atoms with Gasteiger partial charge in [0, 0.05) is 46.5 Å². The van der Waals surface area contributed by atoms with E-state index in [1.807, 2.05) is 39.8 Å². The molecule has 176 valence electrons. The van der Waals surface area contributed by atoms with E-state index in [1.165, 1.54) is 0 Å². The zero-order valence-electron chi connectivity index (χ0n) is 20.6. The van der Waals surface area contributed by atoms with Gasteiger partial charge in [-0.3, -0.25) is 4.79 Å². The number of amides is 1. The van der Waals surface area contributed by atoms with Crippen molar-refractivity contribution in [1.82, 2.24) is 39.5 Å². The highest BCUT2D eigenvalue weighted by Crippen LogP contribution is 2.26. The highest BCUT2D eigenvalue weighted by Gasteiger charge is 2.23. The molecule has 0 spiro atoms. The first-order valence-electron chi connectivity index (χ1n) is 11.1. The predicted molar refractivity (Wildman–Crippen MR) is 128 cm³/mol. The van der Waals surface area contributed by atoms with Gasteiger partial charge >= 0.3 is 0 Å². The summed E-state index contributed by atoms with van der Waals surface area (Å²) in [6, 6.07) is 5.51. The molecule has 4 rings (SSSR count). The van der Waals surface area contributed by atoms with Crippen LogP contribution in [0.25, 0.3) is 11.9 Å². The van der Waals surface area contributed by atoms with E-state index in [-0.39, 0.29) is 17.7 Å². The average molecular weight is 460 g/mol. The Labute approximate surface area is 198 Å². The van der Waals surface area contributed by atoms with E-state index >= 15 is 0 Å². The van der Waals surface area contributed by atoms with Crippen LogP contribution in [0.4, 0.5) is 5.82 Å². The van der Waals surface area contributed by atoms with Gasteiger partial charge in [-0.05, 0) is 39.8 Å². The molecule has 0 radical (unpaired) electrons. The molecule has 0 aromatic carbocycles. The first-order chi connectivity index (χ1) is 16.0. The molecule has 0 fully saturated rings. The number of anilines is 1. The summed E-state index contributed by atoms with van der Waals surface area (Å²) in [6.45, 7) is 13.8. The van der Waals surface area contributed by atoms with E-state index in [2.05, 4.69) is 56.2 Å². The van der Waals surface area contributed by atoms with Crippen LogP contribution in [0.1, 0.15) is 54.8 Å². The normalized spacial score (nSPS) is 11.6. The van der Waals surface area contributed by atoms with Crippen molar-refractivity contribution in [2.45, 2.75) is 60.3 Å². The summed E-state index contributed by atoms with van der Waals surface area (Å²) in [4.78, 5) is 30.7. The zero-order valence-corrected chi connectivity index (χ0v) is 20.6. The average Bonchev–Trinajstić information content (AvgIpc) is 3.30. The summed E-state index contributed by atoms with van der Waals surface area (Å²) in [5, 5.41) is 12.2. The predicted octanol–water partition coefficient (Wildman–Crippen LogP) is 3.35. The molecule has 0 aliphatic rings. The van der Waals surface area contributed by atoms with E-state index in [9.17, 15) is 4.79 Å². The van der Waals surface area contributed by atoms with Crippen molar-refractivity contribution in [2.24, 2.45) is 0 Å². The molecule has 1 amide bonds. The number of aromatic nitrogens is 8. The maximum absolute atomic E-state index is 13.1. The van der Waals surface area contributed by atoms with Gasteiger partial charge < -0.3 is 5.32 Å². The third kappa shape index (κ3) is 4.70. The second-order valence-corrected chi connectivity index (χ2v) is 9.36. The van der Waals surface area contributed by atoms with Crippen molar-refractivity contribution in [3.63, 3.8) is 0 Å². The van der Waals surface area contributed by atoms with Crippen LogP contribution in [-0.4, -0.2) is 45.4 Å². The van der Waals surface area contributed by atoms with Crippen LogP contribution >= 0.6 is 0 Å². The van der Waals surface area contributed by atoms with E-state index in [4.69, 9.17) is 0 Å². The summed E-state index contributed by atoms with van der Waals surface area (Å²) in [5.41, 5.74) is 4.75. The Hall–Kier alpha value is -3.95. The third-order valence-corrected chi connectivity index (χ3v) is 5.43. The Morgan fingerprint density at radius 1 is 0.912 bits per heavy atom. The van der Waals surface area contributed by atoms with Crippen LogP contribution in [-0.2, 0) is 16.6 Å². The first-order valence-corrected chi connectivity index (χ1v) is 11.1. The number of carbonyl (C=O) groups excluding carboxylic acids is 1. The van der Waals surface area contributed by atoms with Gasteiger partial charge in [-0.15, -0.1) is 0 Å². The van der Waals surface area contributed by atoms with Gasteiger partial charge in [0.1, 0.15) is 5.82 Å². The quantitative estimate of drug-likeness (QED) is 0.486. The second-order valence-electron chi connectivity index (χ2n) is 9.36. The molecule has 0 atom stereocenters. The number of rotatable bonds is 5. The van der Waals surface area contributed by atoms with Gasteiger partial charge in [-0.25, -0.2) is 24.6 Å². The fourth-order valence-corrected chi connectivity index (χ4v) is 3.66. The molecule has 4 aromatic heterocycles. The molecule has 4 heterocycles. The van der Waals surface area contributed by atoms with Crippen LogP contribution in [0, 0.1) is 27.7 Å². The van der Waals surface area contributed by atoms with Crippen LogP contribution in [0.2, 0.25) is 0 Å². The van der Waals surface area contributed by atoms with Gasteiger partial charge in [0.25, 0.3) is 11.9 Å². The van der Waals surface area contributed by atoms with E-state index < -0.39 is 0 Å². The number of aryl methyl sites for hydroxylation is 3. The molecular formula is C24H29N9O. The van der Waals surface area contributed by atoms with Crippen molar-refractivity contribution >= 4 is 11.7 Å². The van der Waals surface area contributed by atoms with Crippen molar-refractivity contribution in [2.75, 3.05) is 5.32 Å². The van der Waals surface area contributed by atoms with Gasteiger partial charge in [0.05, 0.1) is 17.8 Å². The topological polar surface area (TPSA) is 116 Å². The second kappa shape index (κ2) is 8.77. The monoisotopic (exact) mass is 459 g/mol. The lowest BCUT2D eigenvalue weighted by Crippen LogP contribution is -2.18. The van der Waals surface area contributed by atoms with Gasteiger partial charge in [-0.1, -0.05) is 20.8 Å². The molecule has 0 bridgehead atoms. The smallest absolute Gasteiger partial charge is 0.252 e. The highest BCUT2D eigenvalue weighted by molar-refractivity contribution is 5.92. The van der Waals surface area contributed by atoms with Crippen molar-refractivity contribution in [3.05, 3.63) is 64.6 Å². The van der Waals surface area contributed by atoms with E-state index in [1.54, 1.807) is 27.8 Å². The van der Waals surface area contributed by atoms with Crippen molar-refractivity contribution in [3.8, 4) is 11.9 Å². The minimum Gasteiger partial charge on any atom is -0.310 e. The maximum atomic E-state index is 13.1. The number of nitrogens with one attached hydrogen (secondary N) is 1. The molecular weight excluding hydrogens is 430 g/mol. The number of nitrogens with zero attached hydrogens (tertiary/aromatic N) is 8. The third-order valence-electron chi connectivity index (χ3n) is 5.43. The Bertz CT molecular complexity index is 1330. The lowest BCUT2D eigenvalue weighted by atomic mass is 9.92. The Morgan fingerprint density at radius 3 is 2.18 bits per heavy atom. The van der Waals surface area contributed by atoms with Crippen molar-refractivity contribution < 1.29 is 4.79 Å². The molecule has 34 heavy (non-hydrogen) atoms. The minimum absolute atomic E-state index is 0.147. The van der Waals surface area contributed by atoms with Crippen LogP contribution in [0.5, 0.6) is 0 Å². The summed E-state index contributed by atoms with van der Waals surface area (Å²) in [7, 11) is 0. The van der Waals surface area contributed by atoms with Crippen molar-refractivity contribution in [1.29, 1.82) is 0 Å². The summed E-state index contributed by atoms with van der Waals surface area (Å²) in [5.74, 6) is 1.21. The van der Waals surface area contributed by atoms with Crippen LogP contribution < -0.4 is 5.32 Å². The first kappa shape index (κ1) is 23.2. The molecule has 10 heteroatoms. The molecule has 0 aliphatic heterocycles. The molecule has 0 aliphatic carbocycles. The fraction of sp³-hybridized carbons (Fsp3) is 0.375. The molecule has 1 N–H and O–H groups in total. The summed E-state index contributed by atoms with van der Waals surface area (Å²) >= 11 is 0. The SMILES string of the molecule is Cc1cc(C)nc(-n2nc(C)c(CC(=O)Nc3cc(C(C)(C)C)nn3-c3ncccn3)c2C)n1. The van der Waals surface area contributed by atoms with Crippen LogP contribution in [0.3, 0.4) is 0 Å². The highest BCUT2D eigenvalue weighted by atomic mass is 16.1. The van der Waals surface area contributed by atoms with E-state index in [0.717, 1.165) is 34.0 Å².